The van der Waals surface area contributed by atoms with Crippen molar-refractivity contribution in [1.82, 2.24) is 14.6 Å². The number of rotatable bonds is 5. The number of fused-ring (bicyclic) bond motifs is 1. The molecule has 0 saturated heterocycles. The summed E-state index contributed by atoms with van der Waals surface area (Å²) in [5.74, 6) is -2.03. The number of nitrogens with zero attached hydrogens (tertiary/aromatic N) is 3. The van der Waals surface area contributed by atoms with Crippen LogP contribution in [0.5, 0.6) is 0 Å². The third kappa shape index (κ3) is 4.76. The highest BCUT2D eigenvalue weighted by Crippen LogP contribution is 2.39. The Hall–Kier alpha value is -2.02. The summed E-state index contributed by atoms with van der Waals surface area (Å²) in [4.78, 5) is 3.10. The van der Waals surface area contributed by atoms with E-state index in [4.69, 9.17) is 8.22 Å². The summed E-state index contributed by atoms with van der Waals surface area (Å²) < 4.78 is 113. The first kappa shape index (κ1) is 16.6. The molecular weight excluding hydrogens is 455 g/mol. The van der Waals surface area contributed by atoms with E-state index in [1.165, 1.54) is 25.3 Å². The van der Waals surface area contributed by atoms with Crippen molar-refractivity contribution in [2.45, 2.75) is 56.7 Å². The topological polar surface area (TPSA) is 105 Å². The highest BCUT2D eigenvalue weighted by molar-refractivity contribution is 7.91. The van der Waals surface area contributed by atoms with E-state index in [-0.39, 0.29) is 26.9 Å². The summed E-state index contributed by atoms with van der Waals surface area (Å²) >= 11 is 0.999. The first-order valence-electron chi connectivity index (χ1n) is 11.7. The number of imidazole rings is 1. The predicted molar refractivity (Wildman–Crippen MR) is 110 cm³/mol. The molecule has 170 valence electrons. The Bertz CT molecular complexity index is 1440. The second-order valence-electron chi connectivity index (χ2n) is 7.53. The van der Waals surface area contributed by atoms with Crippen LogP contribution in [0, 0.1) is 6.92 Å². The van der Waals surface area contributed by atoms with Gasteiger partial charge in [0.05, 0.1) is 33.2 Å². The monoisotopic (exact) mass is 483 g/mol. The molecule has 2 heterocycles. The van der Waals surface area contributed by atoms with Crippen LogP contribution in [-0.2, 0) is 21.6 Å². The van der Waals surface area contributed by atoms with E-state index in [1.54, 1.807) is 0 Å². The molecule has 0 aliphatic rings. The zero-order chi connectivity index (χ0) is 28.6. The average molecular weight is 484 g/mol. The highest BCUT2D eigenvalue weighted by atomic mass is 32.2. The van der Waals surface area contributed by atoms with Gasteiger partial charge in [-0.05, 0) is 46.6 Å². The van der Waals surface area contributed by atoms with Gasteiger partial charge >= 0.3 is 6.18 Å². The maximum absolute atomic E-state index is 13.8. The molecule has 31 heavy (non-hydrogen) atoms. The minimum atomic E-state index is -5.37. The molecule has 3 aromatic rings. The maximum atomic E-state index is 13.8. The first-order chi connectivity index (χ1) is 16.4. The maximum Gasteiger partial charge on any atom is 0.417 e. The molecule has 0 aliphatic heterocycles. The Morgan fingerprint density at radius 2 is 1.87 bits per heavy atom. The van der Waals surface area contributed by atoms with Crippen molar-refractivity contribution in [3.05, 3.63) is 34.5 Å². The summed E-state index contributed by atoms with van der Waals surface area (Å²) in [6.45, 7) is -3.14. The van der Waals surface area contributed by atoms with Gasteiger partial charge in [0.1, 0.15) is 10.6 Å². The third-order valence-electron chi connectivity index (χ3n) is 4.20. The zero-order valence-electron chi connectivity index (χ0n) is 22.4. The Morgan fingerprint density at radius 3 is 2.42 bits per heavy atom. The molecule has 0 radical (unpaired) electrons. The van der Waals surface area contributed by atoms with Crippen molar-refractivity contribution in [2.75, 3.05) is 5.75 Å². The summed E-state index contributed by atoms with van der Waals surface area (Å²) in [7, 11) is -5.37. The molecule has 7 nitrogen and oxygen atoms in total. The van der Waals surface area contributed by atoms with E-state index in [2.05, 4.69) is 10.1 Å². The number of aryl methyl sites for hydroxylation is 1. The molecule has 0 aliphatic carbocycles. The number of hydrogen-bond acceptors (Lipinski definition) is 7. The van der Waals surface area contributed by atoms with Gasteiger partial charge in [0.25, 0.3) is 0 Å². The van der Waals surface area contributed by atoms with Crippen molar-refractivity contribution in [2.24, 2.45) is 0 Å². The quantitative estimate of drug-likeness (QED) is 0.575. The van der Waals surface area contributed by atoms with Crippen LogP contribution in [0.25, 0.3) is 16.2 Å². The second-order valence-corrected chi connectivity index (χ2v) is 10.4. The van der Waals surface area contributed by atoms with Crippen LogP contribution >= 0.6 is 11.3 Å². The van der Waals surface area contributed by atoms with Gasteiger partial charge < -0.3 is 10.2 Å². The van der Waals surface area contributed by atoms with Crippen LogP contribution in [-0.4, -0.2) is 44.6 Å². The van der Waals surface area contributed by atoms with E-state index in [1.807, 2.05) is 0 Å². The van der Waals surface area contributed by atoms with E-state index in [0.29, 0.717) is 12.1 Å². The van der Waals surface area contributed by atoms with E-state index >= 15 is 0 Å². The van der Waals surface area contributed by atoms with Crippen LogP contribution < -0.4 is 0 Å². The van der Waals surface area contributed by atoms with Crippen molar-refractivity contribution < 1.29 is 40.0 Å². The van der Waals surface area contributed by atoms with Crippen LogP contribution in [0.4, 0.5) is 13.2 Å². The number of aliphatic hydroxyl groups is 2. The molecule has 3 rings (SSSR count). The predicted octanol–water partition coefficient (Wildman–Crippen LogP) is 3.56. The Kier molecular flexibility index (Phi) is 3.88. The minimum absolute atomic E-state index is 0.0915. The number of aromatic nitrogens is 3. The van der Waals surface area contributed by atoms with Crippen LogP contribution in [0.2, 0.25) is 0 Å². The van der Waals surface area contributed by atoms with Crippen molar-refractivity contribution >= 4 is 26.1 Å². The molecule has 0 unspecified atom stereocenters. The van der Waals surface area contributed by atoms with Gasteiger partial charge in [-0.2, -0.15) is 18.3 Å². The summed E-state index contributed by atoms with van der Waals surface area (Å²) in [6, 6.07) is 2.02. The molecule has 0 fully saturated rings. The smallest absolute Gasteiger partial charge is 0.389 e. The lowest BCUT2D eigenvalue weighted by Gasteiger charge is -2.20. The fraction of sp³-hybridized carbons (Fsp3) is 0.474. The summed E-state index contributed by atoms with van der Waals surface area (Å²) in [6.07, 6.45) is -5.23. The molecule has 0 spiro atoms. The third-order valence-corrected chi connectivity index (χ3v) is 7.22. The Labute approximate surface area is 189 Å². The van der Waals surface area contributed by atoms with Crippen molar-refractivity contribution in [3.63, 3.8) is 0 Å². The largest absolute Gasteiger partial charge is 0.417 e. The summed E-state index contributed by atoms with van der Waals surface area (Å²) in [5.41, 5.74) is -6.67. The molecule has 0 atom stereocenters. The van der Waals surface area contributed by atoms with Gasteiger partial charge in [-0.1, -0.05) is 17.4 Å². The minimum Gasteiger partial charge on any atom is -0.389 e. The lowest BCUT2D eigenvalue weighted by atomic mass is 10.1. The first-order valence-corrected chi connectivity index (χ1v) is 11.1. The van der Waals surface area contributed by atoms with Crippen molar-refractivity contribution in [3.8, 4) is 11.3 Å². The fourth-order valence-electron chi connectivity index (χ4n) is 2.94. The Morgan fingerprint density at radius 1 is 1.23 bits per heavy atom. The number of alkyl halides is 3. The van der Waals surface area contributed by atoms with E-state index < -0.39 is 57.1 Å². The van der Waals surface area contributed by atoms with Crippen molar-refractivity contribution in [1.29, 1.82) is 0 Å². The van der Waals surface area contributed by atoms with Crippen LogP contribution in [0.3, 0.4) is 0 Å². The lowest BCUT2D eigenvalue weighted by molar-refractivity contribution is -0.139. The fourth-order valence-corrected chi connectivity index (χ4v) is 5.42. The molecule has 0 saturated carbocycles. The van der Waals surface area contributed by atoms with E-state index in [9.17, 15) is 31.8 Å². The van der Waals surface area contributed by atoms with E-state index in [0.717, 1.165) is 17.4 Å². The summed E-state index contributed by atoms with van der Waals surface area (Å²) in [5, 5.41) is 25.2. The standard InChI is InChI=1S/C19H22F3N3O4S2/c1-10-14(25-16(23-10)30-15(24-25)18(4,5)27)11-6-7-12(19(20,21)22)13(8-11)31(28,29)9-17(2,3)26/h6-8,26-27H,9H2,1-5H3/i2D3,3D3. The SMILES string of the molecule is [2H]C([2H])([2H])C(O)(CS(=O)(=O)c1cc(-c2c(C)nc3sc(C(C)(C)O)nn23)ccc1C(F)(F)F)C([2H])([2H])[2H]. The van der Waals surface area contributed by atoms with Gasteiger partial charge in [0, 0.05) is 13.8 Å². The van der Waals surface area contributed by atoms with Gasteiger partial charge in [-0.15, -0.1) is 0 Å². The Balaban J connectivity index is 2.29. The molecule has 1 aromatic carbocycles. The highest BCUT2D eigenvalue weighted by Gasteiger charge is 2.39. The number of halogens is 3. The number of sulfone groups is 1. The van der Waals surface area contributed by atoms with Crippen LogP contribution in [0.1, 0.15) is 52.0 Å². The number of hydrogen-bond donors (Lipinski definition) is 2. The molecule has 0 bridgehead atoms. The van der Waals surface area contributed by atoms with Crippen LogP contribution in [0.15, 0.2) is 23.1 Å². The van der Waals surface area contributed by atoms with Gasteiger partial charge in [-0.3, -0.25) is 0 Å². The normalized spacial score (nSPS) is 17.5. The molecule has 2 aromatic heterocycles. The number of benzene rings is 1. The second kappa shape index (κ2) is 7.26. The molecule has 2 N–H and O–H groups in total. The average Bonchev–Trinajstić information content (AvgIpc) is 3.21. The molecular formula is C19H22F3N3O4S2. The molecule has 12 heteroatoms. The lowest BCUT2D eigenvalue weighted by Crippen LogP contribution is -2.31. The van der Waals surface area contributed by atoms with Gasteiger partial charge in [0.15, 0.2) is 9.84 Å². The van der Waals surface area contributed by atoms with Gasteiger partial charge in [0.2, 0.25) is 4.96 Å². The molecule has 0 amide bonds. The zero-order valence-corrected chi connectivity index (χ0v) is 18.1. The van der Waals surface area contributed by atoms with Gasteiger partial charge in [-0.25, -0.2) is 17.9 Å².